The predicted octanol–water partition coefficient (Wildman–Crippen LogP) is 0.0876. The van der Waals surface area contributed by atoms with Gasteiger partial charge in [0.2, 0.25) is 0 Å². The minimum Gasteiger partial charge on any atom is -0.445 e. The average molecular weight is 240 g/mol. The smallest absolute Gasteiger partial charge is 0.445 e. The van der Waals surface area contributed by atoms with Crippen molar-refractivity contribution >= 4 is 12.4 Å². The standard InChI is InChI=1S/C10H13BF3.K/c1-2-3-4-9-5-7-10(8-6-9)11(12,13)14;/h5-8H,2-4H2,1H3;/q-1;+1. The van der Waals surface area contributed by atoms with Crippen LogP contribution in [0.2, 0.25) is 0 Å². The zero-order valence-electron chi connectivity index (χ0n) is 9.14. The van der Waals surface area contributed by atoms with Gasteiger partial charge in [0.15, 0.2) is 0 Å². The van der Waals surface area contributed by atoms with E-state index in [9.17, 15) is 12.9 Å². The van der Waals surface area contributed by atoms with Crippen LogP contribution in [0.1, 0.15) is 25.3 Å². The van der Waals surface area contributed by atoms with Crippen LogP contribution in [0.5, 0.6) is 0 Å². The van der Waals surface area contributed by atoms with E-state index in [-0.39, 0.29) is 51.4 Å². The van der Waals surface area contributed by atoms with E-state index in [1.54, 1.807) is 12.1 Å². The van der Waals surface area contributed by atoms with Crippen molar-refractivity contribution < 1.29 is 64.3 Å². The average Bonchev–Trinajstić information content (AvgIpc) is 2.14. The molecular weight excluding hydrogens is 227 g/mol. The van der Waals surface area contributed by atoms with E-state index in [4.69, 9.17) is 0 Å². The van der Waals surface area contributed by atoms with Crippen molar-refractivity contribution in [1.29, 1.82) is 0 Å². The van der Waals surface area contributed by atoms with Crippen molar-refractivity contribution in [3.8, 4) is 0 Å². The second-order valence-corrected chi connectivity index (χ2v) is 3.42. The van der Waals surface area contributed by atoms with Gasteiger partial charge in [0.25, 0.3) is 0 Å². The van der Waals surface area contributed by atoms with Gasteiger partial charge >= 0.3 is 58.4 Å². The predicted molar refractivity (Wildman–Crippen MR) is 53.8 cm³/mol. The van der Waals surface area contributed by atoms with Gasteiger partial charge in [-0.1, -0.05) is 37.6 Å². The molecular formula is C10H13BF3K. The fourth-order valence-electron chi connectivity index (χ4n) is 1.28. The molecule has 0 N–H and O–H groups in total. The number of rotatable bonds is 4. The van der Waals surface area contributed by atoms with Gasteiger partial charge in [-0.25, -0.2) is 0 Å². The summed E-state index contributed by atoms with van der Waals surface area (Å²) in [6.07, 6.45) is 2.95. The number of aryl methyl sites for hydroxylation is 1. The monoisotopic (exact) mass is 240 g/mol. The van der Waals surface area contributed by atoms with Gasteiger partial charge in [-0.2, -0.15) is 0 Å². The van der Waals surface area contributed by atoms with Gasteiger partial charge in [0.05, 0.1) is 0 Å². The fraction of sp³-hybridized carbons (Fsp3) is 0.400. The van der Waals surface area contributed by atoms with Crippen molar-refractivity contribution in [3.63, 3.8) is 0 Å². The summed E-state index contributed by atoms with van der Waals surface area (Å²) in [7, 11) is 0. The molecule has 1 aromatic rings. The largest absolute Gasteiger partial charge is 1.00 e. The Morgan fingerprint density at radius 2 is 1.60 bits per heavy atom. The fourth-order valence-corrected chi connectivity index (χ4v) is 1.28. The first-order valence-corrected chi connectivity index (χ1v) is 4.83. The maximum atomic E-state index is 12.2. The van der Waals surface area contributed by atoms with Crippen LogP contribution in [0, 0.1) is 0 Å². The summed E-state index contributed by atoms with van der Waals surface area (Å²) >= 11 is 0. The Balaban J connectivity index is 0.00000196. The van der Waals surface area contributed by atoms with Crippen molar-refractivity contribution in [2.24, 2.45) is 0 Å². The molecule has 0 atom stereocenters. The van der Waals surface area contributed by atoms with E-state index in [0.29, 0.717) is 0 Å². The Kier molecular flexibility index (Phi) is 7.46. The van der Waals surface area contributed by atoms with E-state index in [2.05, 4.69) is 6.92 Å². The molecule has 0 heterocycles. The summed E-state index contributed by atoms with van der Waals surface area (Å²) in [5.74, 6) is 0. The van der Waals surface area contributed by atoms with Crippen LogP contribution in [0.25, 0.3) is 0 Å². The minimum absolute atomic E-state index is 0. The molecule has 0 aliphatic rings. The maximum Gasteiger partial charge on any atom is 1.00 e. The summed E-state index contributed by atoms with van der Waals surface area (Å²) in [5.41, 5.74) is 0.473. The van der Waals surface area contributed by atoms with Crippen LogP contribution in [-0.4, -0.2) is 6.98 Å². The Bertz CT molecular complexity index is 282. The van der Waals surface area contributed by atoms with E-state index in [1.165, 1.54) is 12.1 Å². The van der Waals surface area contributed by atoms with Crippen LogP contribution in [0.15, 0.2) is 24.3 Å². The molecule has 5 heteroatoms. The molecule has 0 fully saturated rings. The first kappa shape index (κ1) is 15.7. The molecule has 0 aliphatic heterocycles. The van der Waals surface area contributed by atoms with Crippen molar-refractivity contribution in [2.45, 2.75) is 26.2 Å². The van der Waals surface area contributed by atoms with E-state index in [0.717, 1.165) is 24.8 Å². The van der Waals surface area contributed by atoms with Crippen LogP contribution in [0.4, 0.5) is 12.9 Å². The Morgan fingerprint density at radius 1 is 1.07 bits per heavy atom. The molecule has 0 bridgehead atoms. The van der Waals surface area contributed by atoms with Gasteiger partial charge in [0.1, 0.15) is 0 Å². The van der Waals surface area contributed by atoms with E-state index in [1.807, 2.05) is 0 Å². The molecule has 0 radical (unpaired) electrons. The minimum atomic E-state index is -4.83. The third-order valence-electron chi connectivity index (χ3n) is 2.18. The maximum absolute atomic E-state index is 12.2. The topological polar surface area (TPSA) is 0 Å². The summed E-state index contributed by atoms with van der Waals surface area (Å²) in [5, 5.41) is 0. The summed E-state index contributed by atoms with van der Waals surface area (Å²) in [4.78, 5) is 0. The summed E-state index contributed by atoms with van der Waals surface area (Å²) in [6.45, 7) is -2.77. The quantitative estimate of drug-likeness (QED) is 0.654. The third kappa shape index (κ3) is 5.54. The first-order valence-electron chi connectivity index (χ1n) is 4.83. The van der Waals surface area contributed by atoms with Crippen LogP contribution < -0.4 is 56.8 Å². The molecule has 0 aliphatic carbocycles. The normalized spacial score (nSPS) is 10.9. The molecule has 0 nitrogen and oxygen atoms in total. The molecule has 0 spiro atoms. The second kappa shape index (κ2) is 7.12. The molecule has 0 amide bonds. The molecule has 0 unspecified atom stereocenters. The van der Waals surface area contributed by atoms with Gasteiger partial charge in [0, 0.05) is 0 Å². The Labute approximate surface area is 131 Å². The molecule has 0 saturated heterocycles. The summed E-state index contributed by atoms with van der Waals surface area (Å²) < 4.78 is 36.7. The SMILES string of the molecule is CCCCc1ccc([B-](F)(F)F)cc1.[K+]. The summed E-state index contributed by atoms with van der Waals surface area (Å²) in [6, 6.07) is 5.48. The van der Waals surface area contributed by atoms with Gasteiger partial charge in [-0.15, -0.1) is 5.46 Å². The molecule has 78 valence electrons. The van der Waals surface area contributed by atoms with Crippen molar-refractivity contribution in [1.82, 2.24) is 0 Å². The molecule has 0 aromatic heterocycles. The van der Waals surface area contributed by atoms with Crippen molar-refractivity contribution in [2.75, 3.05) is 0 Å². The van der Waals surface area contributed by atoms with Gasteiger partial charge in [-0.05, 0) is 18.4 Å². The number of unbranched alkanes of at least 4 members (excludes halogenated alkanes) is 1. The number of halogens is 3. The number of benzene rings is 1. The molecule has 0 saturated carbocycles. The van der Waals surface area contributed by atoms with Crippen LogP contribution in [0.3, 0.4) is 0 Å². The van der Waals surface area contributed by atoms with E-state index < -0.39 is 12.4 Å². The first-order chi connectivity index (χ1) is 6.54. The zero-order chi connectivity index (χ0) is 10.6. The Morgan fingerprint density at radius 3 is 2.00 bits per heavy atom. The van der Waals surface area contributed by atoms with E-state index >= 15 is 0 Å². The molecule has 1 rings (SSSR count). The third-order valence-corrected chi connectivity index (χ3v) is 2.18. The molecule has 15 heavy (non-hydrogen) atoms. The van der Waals surface area contributed by atoms with Gasteiger partial charge < -0.3 is 12.9 Å². The Hall–Kier alpha value is 0.711. The number of hydrogen-bond donors (Lipinski definition) is 0. The zero-order valence-corrected chi connectivity index (χ0v) is 12.3. The van der Waals surface area contributed by atoms with Crippen LogP contribution in [-0.2, 0) is 6.42 Å². The van der Waals surface area contributed by atoms with Crippen LogP contribution >= 0.6 is 0 Å². The second-order valence-electron chi connectivity index (χ2n) is 3.42. The van der Waals surface area contributed by atoms with Crippen molar-refractivity contribution in [3.05, 3.63) is 29.8 Å². The van der Waals surface area contributed by atoms with Gasteiger partial charge in [-0.3, -0.25) is 0 Å². The molecule has 1 aromatic carbocycles. The number of hydrogen-bond acceptors (Lipinski definition) is 0.